The average Bonchev–Trinajstić information content (AvgIpc) is 2.97. The molecule has 2 N–H and O–H groups in total. The van der Waals surface area contributed by atoms with E-state index in [4.69, 9.17) is 5.11 Å². The molecular weight excluding hydrogens is 262 g/mol. The predicted octanol–water partition coefficient (Wildman–Crippen LogP) is 4.48. The first kappa shape index (κ1) is 14.9. The van der Waals surface area contributed by atoms with Crippen molar-refractivity contribution in [3.63, 3.8) is 0 Å². The van der Waals surface area contributed by atoms with Crippen molar-refractivity contribution in [2.45, 2.75) is 20.3 Å². The average molecular weight is 281 g/mol. The number of carbonyl (C=O) groups is 1. The number of benzene rings is 2. The van der Waals surface area contributed by atoms with Crippen molar-refractivity contribution in [3.8, 4) is 0 Å². The van der Waals surface area contributed by atoms with E-state index in [1.54, 1.807) is 18.2 Å². The van der Waals surface area contributed by atoms with Gasteiger partial charge in [0.2, 0.25) is 0 Å². The molecule has 0 radical (unpaired) electrons. The van der Waals surface area contributed by atoms with Gasteiger partial charge in [0.05, 0.1) is 5.56 Å². The Kier molecular flexibility index (Phi) is 4.77. The number of aromatic carboxylic acids is 1. The topological polar surface area (TPSA) is 53.1 Å². The SMILES string of the molecule is CC.O=C(O)c1cccc(Cc2ccc3cc[nH]c3c2)c1. The Bertz CT molecular complexity index is 744. The fourth-order valence-electron chi connectivity index (χ4n) is 2.25. The second-order valence-electron chi connectivity index (χ2n) is 4.58. The van der Waals surface area contributed by atoms with E-state index in [9.17, 15) is 4.79 Å². The number of carboxylic acids is 1. The lowest BCUT2D eigenvalue weighted by molar-refractivity contribution is 0.0697. The zero-order chi connectivity index (χ0) is 15.2. The molecule has 0 bridgehead atoms. The molecule has 3 heteroatoms. The van der Waals surface area contributed by atoms with Gasteiger partial charge in [0, 0.05) is 11.7 Å². The molecule has 3 nitrogen and oxygen atoms in total. The van der Waals surface area contributed by atoms with Gasteiger partial charge in [-0.1, -0.05) is 38.1 Å². The number of H-pyrrole nitrogens is 1. The highest BCUT2D eigenvalue weighted by atomic mass is 16.4. The highest BCUT2D eigenvalue weighted by Gasteiger charge is 2.04. The van der Waals surface area contributed by atoms with Crippen LogP contribution in [-0.2, 0) is 6.42 Å². The van der Waals surface area contributed by atoms with Crippen LogP contribution in [0.2, 0.25) is 0 Å². The molecule has 0 aliphatic carbocycles. The standard InChI is InChI=1S/C16H13NO2.C2H6/c18-16(19)14-3-1-2-11(9-14)8-12-4-5-13-6-7-17-15(13)10-12;1-2/h1-7,9-10,17H,8H2,(H,18,19);1-2H3. The van der Waals surface area contributed by atoms with E-state index in [0.717, 1.165) is 23.1 Å². The van der Waals surface area contributed by atoms with Crippen molar-refractivity contribution in [2.75, 3.05) is 0 Å². The zero-order valence-corrected chi connectivity index (χ0v) is 12.3. The first-order chi connectivity index (χ1) is 10.2. The van der Waals surface area contributed by atoms with Gasteiger partial charge in [-0.2, -0.15) is 0 Å². The maximum atomic E-state index is 10.9. The van der Waals surface area contributed by atoms with E-state index in [1.807, 2.05) is 32.2 Å². The van der Waals surface area contributed by atoms with Crippen LogP contribution in [0, 0.1) is 0 Å². The Morgan fingerprint density at radius 1 is 1.05 bits per heavy atom. The Balaban J connectivity index is 0.000000774. The summed E-state index contributed by atoms with van der Waals surface area (Å²) in [6, 6.07) is 15.3. The van der Waals surface area contributed by atoms with Gasteiger partial charge in [0.15, 0.2) is 0 Å². The maximum absolute atomic E-state index is 10.9. The van der Waals surface area contributed by atoms with Crippen molar-refractivity contribution in [2.24, 2.45) is 0 Å². The van der Waals surface area contributed by atoms with E-state index >= 15 is 0 Å². The first-order valence-corrected chi connectivity index (χ1v) is 7.10. The van der Waals surface area contributed by atoms with Crippen LogP contribution < -0.4 is 0 Å². The summed E-state index contributed by atoms with van der Waals surface area (Å²) in [6.07, 6.45) is 2.65. The van der Waals surface area contributed by atoms with Crippen LogP contribution in [0.4, 0.5) is 0 Å². The van der Waals surface area contributed by atoms with Gasteiger partial charge in [0.25, 0.3) is 0 Å². The van der Waals surface area contributed by atoms with Gasteiger partial charge >= 0.3 is 5.97 Å². The van der Waals surface area contributed by atoms with Crippen LogP contribution in [0.1, 0.15) is 35.3 Å². The third kappa shape index (κ3) is 3.51. The molecule has 21 heavy (non-hydrogen) atoms. The Labute approximate surface area is 124 Å². The molecule has 0 atom stereocenters. The van der Waals surface area contributed by atoms with Crippen LogP contribution in [-0.4, -0.2) is 16.1 Å². The quantitative estimate of drug-likeness (QED) is 0.743. The third-order valence-corrected chi connectivity index (χ3v) is 3.20. The molecule has 0 fully saturated rings. The van der Waals surface area contributed by atoms with Gasteiger partial charge < -0.3 is 10.1 Å². The highest BCUT2D eigenvalue weighted by molar-refractivity contribution is 5.87. The summed E-state index contributed by atoms with van der Waals surface area (Å²) in [5, 5.41) is 10.2. The molecule has 0 aliphatic heterocycles. The minimum atomic E-state index is -0.887. The van der Waals surface area contributed by atoms with Crippen LogP contribution in [0.3, 0.4) is 0 Å². The lowest BCUT2D eigenvalue weighted by atomic mass is 10.0. The molecule has 1 heterocycles. The summed E-state index contributed by atoms with van der Waals surface area (Å²) < 4.78 is 0. The van der Waals surface area contributed by atoms with Crippen LogP contribution in [0.25, 0.3) is 10.9 Å². The highest BCUT2D eigenvalue weighted by Crippen LogP contribution is 2.17. The fourth-order valence-corrected chi connectivity index (χ4v) is 2.25. The molecule has 3 aromatic rings. The minimum absolute atomic E-state index is 0.332. The van der Waals surface area contributed by atoms with E-state index in [2.05, 4.69) is 23.2 Å². The zero-order valence-electron chi connectivity index (χ0n) is 12.3. The molecule has 0 amide bonds. The molecular formula is C18H19NO2. The maximum Gasteiger partial charge on any atom is 0.335 e. The molecule has 0 saturated heterocycles. The van der Waals surface area contributed by atoms with Crippen molar-refractivity contribution < 1.29 is 9.90 Å². The summed E-state index contributed by atoms with van der Waals surface area (Å²) in [6.45, 7) is 4.00. The van der Waals surface area contributed by atoms with Crippen molar-refractivity contribution in [1.29, 1.82) is 0 Å². The lowest BCUT2D eigenvalue weighted by Crippen LogP contribution is -1.97. The Hall–Kier alpha value is -2.55. The smallest absolute Gasteiger partial charge is 0.335 e. The minimum Gasteiger partial charge on any atom is -0.478 e. The van der Waals surface area contributed by atoms with Gasteiger partial charge in [-0.25, -0.2) is 4.79 Å². The molecule has 0 saturated carbocycles. The normalized spacial score (nSPS) is 10.0. The van der Waals surface area contributed by atoms with E-state index in [0.29, 0.717) is 5.56 Å². The van der Waals surface area contributed by atoms with Crippen LogP contribution >= 0.6 is 0 Å². The third-order valence-electron chi connectivity index (χ3n) is 3.20. The molecule has 0 unspecified atom stereocenters. The number of hydrogen-bond donors (Lipinski definition) is 2. The van der Waals surface area contributed by atoms with Gasteiger partial charge in [-0.05, 0) is 47.2 Å². The number of carboxylic acid groups (broad SMARTS) is 1. The molecule has 2 aromatic carbocycles. The number of hydrogen-bond acceptors (Lipinski definition) is 1. The fraction of sp³-hybridized carbons (Fsp3) is 0.167. The number of aromatic nitrogens is 1. The summed E-state index contributed by atoms with van der Waals surface area (Å²) in [5.74, 6) is -0.887. The summed E-state index contributed by atoms with van der Waals surface area (Å²) in [4.78, 5) is 14.1. The molecule has 1 aromatic heterocycles. The summed E-state index contributed by atoms with van der Waals surface area (Å²) in [5.41, 5.74) is 3.61. The predicted molar refractivity (Wildman–Crippen MR) is 85.9 cm³/mol. The van der Waals surface area contributed by atoms with Crippen molar-refractivity contribution in [1.82, 2.24) is 4.98 Å². The summed E-state index contributed by atoms with van der Waals surface area (Å²) >= 11 is 0. The Morgan fingerprint density at radius 2 is 1.81 bits per heavy atom. The van der Waals surface area contributed by atoms with Gasteiger partial charge in [0.1, 0.15) is 0 Å². The van der Waals surface area contributed by atoms with Gasteiger partial charge in [-0.15, -0.1) is 0 Å². The molecule has 3 rings (SSSR count). The van der Waals surface area contributed by atoms with Crippen LogP contribution in [0.5, 0.6) is 0 Å². The number of aromatic amines is 1. The molecule has 108 valence electrons. The first-order valence-electron chi connectivity index (χ1n) is 7.10. The van der Waals surface area contributed by atoms with Crippen molar-refractivity contribution >= 4 is 16.9 Å². The lowest BCUT2D eigenvalue weighted by Gasteiger charge is -2.04. The molecule has 0 spiro atoms. The molecule has 0 aliphatic rings. The van der Waals surface area contributed by atoms with E-state index in [1.165, 1.54) is 5.39 Å². The van der Waals surface area contributed by atoms with Gasteiger partial charge in [-0.3, -0.25) is 0 Å². The van der Waals surface area contributed by atoms with Crippen molar-refractivity contribution in [3.05, 3.63) is 71.4 Å². The monoisotopic (exact) mass is 281 g/mol. The van der Waals surface area contributed by atoms with E-state index in [-0.39, 0.29) is 0 Å². The number of fused-ring (bicyclic) bond motifs is 1. The van der Waals surface area contributed by atoms with Crippen LogP contribution in [0.15, 0.2) is 54.7 Å². The largest absolute Gasteiger partial charge is 0.478 e. The second kappa shape index (κ2) is 6.75. The second-order valence-corrected chi connectivity index (χ2v) is 4.58. The van der Waals surface area contributed by atoms with E-state index < -0.39 is 5.97 Å². The number of rotatable bonds is 3. The number of nitrogens with one attached hydrogen (secondary N) is 1. The Morgan fingerprint density at radius 3 is 2.57 bits per heavy atom. The summed E-state index contributed by atoms with van der Waals surface area (Å²) in [7, 11) is 0.